The number of para-hydroxylation sites is 1. The van der Waals surface area contributed by atoms with E-state index < -0.39 is 6.10 Å². The standard InChI is InChI=1S/C23H22N4O2/c1-15-12-26-10-4-6-19(22(26)25-15)23(29)27-13-17(21(28)14-27)11-16-8-9-24-20-7-3-2-5-18(16)20/h2-10,12,17,21,28H,11,13-14H2,1H3/t17-,21+/m1/s1. The number of aryl methyl sites for hydroxylation is 1. The van der Waals surface area contributed by atoms with Gasteiger partial charge in [-0.25, -0.2) is 4.98 Å². The first-order valence-corrected chi connectivity index (χ1v) is 9.84. The predicted octanol–water partition coefficient (Wildman–Crippen LogP) is 2.87. The fourth-order valence-corrected chi connectivity index (χ4v) is 4.31. The van der Waals surface area contributed by atoms with Crippen molar-refractivity contribution in [3.63, 3.8) is 0 Å². The fraction of sp³-hybridized carbons (Fsp3) is 0.261. The van der Waals surface area contributed by atoms with E-state index in [-0.39, 0.29) is 11.8 Å². The van der Waals surface area contributed by atoms with Crippen molar-refractivity contribution in [1.29, 1.82) is 0 Å². The zero-order valence-corrected chi connectivity index (χ0v) is 16.2. The number of pyridine rings is 2. The SMILES string of the molecule is Cc1cn2cccc(C(=O)N3C[C@@H](Cc4ccnc5ccccc45)[C@@H](O)C3)c2n1. The van der Waals surface area contributed by atoms with Crippen molar-refractivity contribution in [2.24, 2.45) is 5.92 Å². The first kappa shape index (κ1) is 17.8. The zero-order valence-electron chi connectivity index (χ0n) is 16.2. The smallest absolute Gasteiger partial charge is 0.257 e. The van der Waals surface area contributed by atoms with Crippen molar-refractivity contribution in [3.05, 3.63) is 77.9 Å². The highest BCUT2D eigenvalue weighted by atomic mass is 16.3. The number of imidazole rings is 1. The number of aromatic nitrogens is 3. The van der Waals surface area contributed by atoms with Crippen LogP contribution in [0.15, 0.2) is 61.1 Å². The number of nitrogens with zero attached hydrogens (tertiary/aromatic N) is 4. The molecule has 29 heavy (non-hydrogen) atoms. The molecule has 4 aromatic rings. The number of benzene rings is 1. The molecule has 6 heteroatoms. The van der Waals surface area contributed by atoms with E-state index in [0.717, 1.165) is 22.2 Å². The molecule has 1 saturated heterocycles. The molecule has 0 spiro atoms. The molecular formula is C23H22N4O2. The number of fused-ring (bicyclic) bond motifs is 2. The van der Waals surface area contributed by atoms with Crippen molar-refractivity contribution in [2.45, 2.75) is 19.4 Å². The number of hydrogen-bond donors (Lipinski definition) is 1. The molecule has 6 nitrogen and oxygen atoms in total. The third kappa shape index (κ3) is 3.15. The Morgan fingerprint density at radius 2 is 2.03 bits per heavy atom. The quantitative estimate of drug-likeness (QED) is 0.588. The van der Waals surface area contributed by atoms with Crippen molar-refractivity contribution < 1.29 is 9.90 Å². The van der Waals surface area contributed by atoms with Gasteiger partial charge in [-0.2, -0.15) is 0 Å². The molecule has 1 N–H and O–H groups in total. The third-order valence-corrected chi connectivity index (χ3v) is 5.75. The van der Waals surface area contributed by atoms with E-state index in [0.29, 0.717) is 30.7 Å². The van der Waals surface area contributed by atoms with Gasteiger partial charge in [0.2, 0.25) is 0 Å². The molecule has 0 saturated carbocycles. The molecule has 1 aliphatic heterocycles. The van der Waals surface area contributed by atoms with Crippen LogP contribution >= 0.6 is 0 Å². The molecule has 1 aromatic carbocycles. The summed E-state index contributed by atoms with van der Waals surface area (Å²) in [5.74, 6) is -0.0895. The Hall–Kier alpha value is -3.25. The maximum absolute atomic E-state index is 13.2. The summed E-state index contributed by atoms with van der Waals surface area (Å²) < 4.78 is 1.87. The van der Waals surface area contributed by atoms with Crippen LogP contribution in [0.1, 0.15) is 21.6 Å². The summed E-state index contributed by atoms with van der Waals surface area (Å²) >= 11 is 0. The first-order chi connectivity index (χ1) is 14.1. The third-order valence-electron chi connectivity index (χ3n) is 5.75. The van der Waals surface area contributed by atoms with Crippen LogP contribution in [0.3, 0.4) is 0 Å². The van der Waals surface area contributed by atoms with Crippen molar-refractivity contribution in [2.75, 3.05) is 13.1 Å². The van der Waals surface area contributed by atoms with Gasteiger partial charge >= 0.3 is 0 Å². The number of rotatable bonds is 3. The van der Waals surface area contributed by atoms with Gasteiger partial charge in [-0.15, -0.1) is 0 Å². The number of hydrogen-bond acceptors (Lipinski definition) is 4. The Balaban J connectivity index is 1.39. The molecular weight excluding hydrogens is 364 g/mol. The maximum Gasteiger partial charge on any atom is 0.257 e. The molecule has 146 valence electrons. The predicted molar refractivity (Wildman–Crippen MR) is 111 cm³/mol. The largest absolute Gasteiger partial charge is 0.391 e. The van der Waals surface area contributed by atoms with E-state index in [2.05, 4.69) is 16.0 Å². The summed E-state index contributed by atoms with van der Waals surface area (Å²) in [6, 6.07) is 13.7. The number of carbonyl (C=O) groups is 1. The van der Waals surface area contributed by atoms with Crippen LogP contribution in [-0.2, 0) is 6.42 Å². The molecule has 4 heterocycles. The summed E-state index contributed by atoms with van der Waals surface area (Å²) in [6.07, 6.45) is 5.77. The Bertz CT molecular complexity index is 1210. The summed E-state index contributed by atoms with van der Waals surface area (Å²) in [7, 11) is 0. The van der Waals surface area contributed by atoms with Gasteiger partial charge in [0.15, 0.2) is 0 Å². The van der Waals surface area contributed by atoms with Crippen molar-refractivity contribution >= 4 is 22.5 Å². The minimum Gasteiger partial charge on any atom is -0.391 e. The van der Waals surface area contributed by atoms with Crippen LogP contribution in [0.25, 0.3) is 16.6 Å². The highest BCUT2D eigenvalue weighted by molar-refractivity contribution is 6.00. The van der Waals surface area contributed by atoms with E-state index in [4.69, 9.17) is 0 Å². The molecule has 5 rings (SSSR count). The monoisotopic (exact) mass is 386 g/mol. The lowest BCUT2D eigenvalue weighted by Crippen LogP contribution is -2.30. The molecule has 0 bridgehead atoms. The van der Waals surface area contributed by atoms with Crippen LogP contribution in [0, 0.1) is 12.8 Å². The number of amides is 1. The minimum atomic E-state index is -0.549. The maximum atomic E-state index is 13.2. The Morgan fingerprint density at radius 1 is 1.17 bits per heavy atom. The van der Waals surface area contributed by atoms with Gasteiger partial charge in [-0.1, -0.05) is 18.2 Å². The number of β-amino-alcohol motifs (C(OH)–C–C–N with tert-alkyl or cyclic N) is 1. The zero-order chi connectivity index (χ0) is 20.0. The molecule has 2 atom stereocenters. The molecule has 1 fully saturated rings. The molecule has 0 aliphatic carbocycles. The van der Waals surface area contributed by atoms with Crippen LogP contribution < -0.4 is 0 Å². The average Bonchev–Trinajstić information content (AvgIpc) is 3.29. The lowest BCUT2D eigenvalue weighted by atomic mass is 9.94. The van der Waals surface area contributed by atoms with Gasteiger partial charge in [0.25, 0.3) is 5.91 Å². The normalized spacial score (nSPS) is 19.3. The topological polar surface area (TPSA) is 70.7 Å². The first-order valence-electron chi connectivity index (χ1n) is 9.84. The molecule has 3 aromatic heterocycles. The average molecular weight is 386 g/mol. The van der Waals surface area contributed by atoms with E-state index >= 15 is 0 Å². The fourth-order valence-electron chi connectivity index (χ4n) is 4.31. The summed E-state index contributed by atoms with van der Waals surface area (Å²) in [5.41, 5.74) is 4.21. The van der Waals surface area contributed by atoms with E-state index in [9.17, 15) is 9.90 Å². The van der Waals surface area contributed by atoms with Crippen LogP contribution in [0.4, 0.5) is 0 Å². The van der Waals surface area contributed by atoms with E-state index in [1.165, 1.54) is 0 Å². The highest BCUT2D eigenvalue weighted by Gasteiger charge is 2.35. The lowest BCUT2D eigenvalue weighted by Gasteiger charge is -2.17. The number of aliphatic hydroxyl groups is 1. The highest BCUT2D eigenvalue weighted by Crippen LogP contribution is 2.27. The Morgan fingerprint density at radius 3 is 2.93 bits per heavy atom. The lowest BCUT2D eigenvalue weighted by molar-refractivity contribution is 0.0766. The Labute approximate surface area is 168 Å². The molecule has 0 radical (unpaired) electrons. The van der Waals surface area contributed by atoms with Gasteiger partial charge < -0.3 is 14.4 Å². The van der Waals surface area contributed by atoms with Gasteiger partial charge in [-0.05, 0) is 43.2 Å². The summed E-state index contributed by atoms with van der Waals surface area (Å²) in [4.78, 5) is 23.8. The van der Waals surface area contributed by atoms with E-state index in [1.54, 1.807) is 11.0 Å². The van der Waals surface area contributed by atoms with Gasteiger partial charge in [-0.3, -0.25) is 9.78 Å². The van der Waals surface area contributed by atoms with Gasteiger partial charge in [0, 0.05) is 43.0 Å². The van der Waals surface area contributed by atoms with Gasteiger partial charge in [0.05, 0.1) is 22.9 Å². The van der Waals surface area contributed by atoms with E-state index in [1.807, 2.05) is 60.2 Å². The molecule has 1 aliphatic rings. The van der Waals surface area contributed by atoms with Crippen LogP contribution in [0.2, 0.25) is 0 Å². The van der Waals surface area contributed by atoms with Crippen LogP contribution in [0.5, 0.6) is 0 Å². The summed E-state index contributed by atoms with van der Waals surface area (Å²) in [6.45, 7) is 2.78. The second-order valence-corrected chi connectivity index (χ2v) is 7.76. The molecule has 1 amide bonds. The molecule has 0 unspecified atom stereocenters. The van der Waals surface area contributed by atoms with Gasteiger partial charge in [0.1, 0.15) is 5.65 Å². The summed E-state index contributed by atoms with van der Waals surface area (Å²) in [5, 5.41) is 11.8. The minimum absolute atomic E-state index is 0.00836. The van der Waals surface area contributed by atoms with Crippen LogP contribution in [-0.4, -0.2) is 49.5 Å². The number of aliphatic hydroxyl groups excluding tert-OH is 1. The van der Waals surface area contributed by atoms with Crippen molar-refractivity contribution in [3.8, 4) is 0 Å². The Kier molecular flexibility index (Phi) is 4.28. The van der Waals surface area contributed by atoms with Crippen molar-refractivity contribution in [1.82, 2.24) is 19.3 Å². The second-order valence-electron chi connectivity index (χ2n) is 7.76. The number of carbonyl (C=O) groups excluding carboxylic acids is 1. The number of likely N-dealkylation sites (tertiary alicyclic amines) is 1. The second kappa shape index (κ2) is 6.97.